The van der Waals surface area contributed by atoms with Crippen molar-refractivity contribution in [1.29, 1.82) is 0 Å². The molecular formula is C13H15NO3. The second-order valence-electron chi connectivity index (χ2n) is 4.45. The number of carboxylic acid groups (broad SMARTS) is 1. The van der Waals surface area contributed by atoms with Gasteiger partial charge >= 0.3 is 5.97 Å². The number of nitrogens with one attached hydrogen (secondary N) is 1. The van der Waals surface area contributed by atoms with Gasteiger partial charge in [0.1, 0.15) is 0 Å². The lowest BCUT2D eigenvalue weighted by molar-refractivity contribution is -0.122. The highest BCUT2D eigenvalue weighted by Gasteiger charge is 2.25. The summed E-state index contributed by atoms with van der Waals surface area (Å²) in [5, 5.41) is 11.7. The van der Waals surface area contributed by atoms with Crippen LogP contribution in [0.1, 0.15) is 35.2 Å². The van der Waals surface area contributed by atoms with Crippen molar-refractivity contribution < 1.29 is 14.7 Å². The fourth-order valence-corrected chi connectivity index (χ4v) is 1.79. The highest BCUT2D eigenvalue weighted by Crippen LogP contribution is 2.28. The van der Waals surface area contributed by atoms with Crippen LogP contribution in [-0.2, 0) is 4.79 Å². The van der Waals surface area contributed by atoms with E-state index in [1.807, 2.05) is 6.92 Å². The number of aromatic carboxylic acids is 1. The molecule has 1 aromatic rings. The SMILES string of the molecule is Cc1ccc(C(=O)O)cc1NC(=O)C1CCC1. The highest BCUT2D eigenvalue weighted by atomic mass is 16.4. The molecule has 4 nitrogen and oxygen atoms in total. The summed E-state index contributed by atoms with van der Waals surface area (Å²) in [5.74, 6) is -0.881. The number of rotatable bonds is 3. The number of benzene rings is 1. The van der Waals surface area contributed by atoms with E-state index in [-0.39, 0.29) is 17.4 Å². The van der Waals surface area contributed by atoms with E-state index in [9.17, 15) is 9.59 Å². The van der Waals surface area contributed by atoms with Crippen LogP contribution in [0, 0.1) is 12.8 Å². The molecule has 0 spiro atoms. The fraction of sp³-hybridized carbons (Fsp3) is 0.385. The van der Waals surface area contributed by atoms with E-state index in [1.54, 1.807) is 6.07 Å². The molecule has 0 saturated heterocycles. The third-order valence-corrected chi connectivity index (χ3v) is 3.22. The average molecular weight is 233 g/mol. The third-order valence-electron chi connectivity index (χ3n) is 3.22. The maximum Gasteiger partial charge on any atom is 0.335 e. The first-order chi connectivity index (χ1) is 8.08. The van der Waals surface area contributed by atoms with Crippen LogP contribution in [0.15, 0.2) is 18.2 Å². The topological polar surface area (TPSA) is 66.4 Å². The third kappa shape index (κ3) is 2.46. The van der Waals surface area contributed by atoms with Crippen LogP contribution in [0.25, 0.3) is 0 Å². The van der Waals surface area contributed by atoms with Gasteiger partial charge in [-0.2, -0.15) is 0 Å². The molecule has 0 heterocycles. The van der Waals surface area contributed by atoms with Crippen molar-refractivity contribution in [2.75, 3.05) is 5.32 Å². The minimum absolute atomic E-state index is 0.00175. The molecule has 0 unspecified atom stereocenters. The number of anilines is 1. The number of carbonyl (C=O) groups excluding carboxylic acids is 1. The molecule has 0 aromatic heterocycles. The molecule has 0 atom stereocenters. The molecule has 2 rings (SSSR count). The molecule has 0 radical (unpaired) electrons. The van der Waals surface area contributed by atoms with Gasteiger partial charge in [-0.1, -0.05) is 12.5 Å². The summed E-state index contributed by atoms with van der Waals surface area (Å²) >= 11 is 0. The number of carboxylic acids is 1. The monoisotopic (exact) mass is 233 g/mol. The van der Waals surface area contributed by atoms with Gasteiger partial charge in [0.2, 0.25) is 5.91 Å². The second-order valence-corrected chi connectivity index (χ2v) is 4.45. The number of hydrogen-bond acceptors (Lipinski definition) is 2. The van der Waals surface area contributed by atoms with E-state index in [1.165, 1.54) is 12.1 Å². The lowest BCUT2D eigenvalue weighted by atomic mass is 9.85. The van der Waals surface area contributed by atoms with E-state index in [4.69, 9.17) is 5.11 Å². The lowest BCUT2D eigenvalue weighted by Crippen LogP contribution is -2.28. The molecule has 90 valence electrons. The van der Waals surface area contributed by atoms with Crippen LogP contribution in [0.4, 0.5) is 5.69 Å². The number of amides is 1. The van der Waals surface area contributed by atoms with E-state index >= 15 is 0 Å². The summed E-state index contributed by atoms with van der Waals surface area (Å²) in [7, 11) is 0. The normalized spacial score (nSPS) is 15.1. The predicted molar refractivity (Wildman–Crippen MR) is 64.1 cm³/mol. The zero-order valence-corrected chi connectivity index (χ0v) is 9.69. The molecule has 17 heavy (non-hydrogen) atoms. The highest BCUT2D eigenvalue weighted by molar-refractivity contribution is 5.96. The summed E-state index contributed by atoms with van der Waals surface area (Å²) < 4.78 is 0. The van der Waals surface area contributed by atoms with Gasteiger partial charge in [-0.25, -0.2) is 4.79 Å². The lowest BCUT2D eigenvalue weighted by Gasteiger charge is -2.24. The van der Waals surface area contributed by atoms with Crippen molar-refractivity contribution in [3.05, 3.63) is 29.3 Å². The Balaban J connectivity index is 2.16. The first-order valence-corrected chi connectivity index (χ1v) is 5.73. The Labute approximate surface area is 99.6 Å². The predicted octanol–water partition coefficient (Wildman–Crippen LogP) is 2.43. The van der Waals surface area contributed by atoms with Crippen LogP contribution in [0.3, 0.4) is 0 Å². The average Bonchev–Trinajstić information content (AvgIpc) is 2.18. The van der Waals surface area contributed by atoms with Crippen LogP contribution >= 0.6 is 0 Å². The molecule has 1 fully saturated rings. The van der Waals surface area contributed by atoms with Crippen LogP contribution in [-0.4, -0.2) is 17.0 Å². The number of carbonyl (C=O) groups is 2. The van der Waals surface area contributed by atoms with Gasteiger partial charge in [0, 0.05) is 11.6 Å². The second kappa shape index (κ2) is 4.57. The van der Waals surface area contributed by atoms with Crippen LogP contribution in [0.5, 0.6) is 0 Å². The van der Waals surface area contributed by atoms with Gasteiger partial charge in [0.15, 0.2) is 0 Å². The quantitative estimate of drug-likeness (QED) is 0.842. The fourth-order valence-electron chi connectivity index (χ4n) is 1.79. The first-order valence-electron chi connectivity index (χ1n) is 5.73. The van der Waals surface area contributed by atoms with Crippen molar-refractivity contribution in [1.82, 2.24) is 0 Å². The minimum atomic E-state index is -0.982. The van der Waals surface area contributed by atoms with Crippen LogP contribution in [0.2, 0.25) is 0 Å². The Morgan fingerprint density at radius 1 is 1.35 bits per heavy atom. The van der Waals surface area contributed by atoms with Gasteiger partial charge in [0.25, 0.3) is 0 Å². The van der Waals surface area contributed by atoms with Gasteiger partial charge < -0.3 is 10.4 Å². The minimum Gasteiger partial charge on any atom is -0.478 e. The number of aryl methyl sites for hydroxylation is 1. The van der Waals surface area contributed by atoms with Gasteiger partial charge in [-0.3, -0.25) is 4.79 Å². The molecule has 4 heteroatoms. The molecule has 1 aliphatic rings. The Kier molecular flexibility index (Phi) is 3.13. The molecule has 2 N–H and O–H groups in total. The molecule has 0 aliphatic heterocycles. The van der Waals surface area contributed by atoms with Gasteiger partial charge in [-0.15, -0.1) is 0 Å². The Hall–Kier alpha value is -1.84. The van der Waals surface area contributed by atoms with E-state index in [2.05, 4.69) is 5.32 Å². The van der Waals surface area contributed by atoms with E-state index in [0.717, 1.165) is 24.8 Å². The molecule has 0 bridgehead atoms. The molecule has 1 aliphatic carbocycles. The van der Waals surface area contributed by atoms with Crippen molar-refractivity contribution in [2.24, 2.45) is 5.92 Å². The summed E-state index contributed by atoms with van der Waals surface area (Å²) in [6.07, 6.45) is 2.97. The van der Waals surface area contributed by atoms with Gasteiger partial charge in [-0.05, 0) is 37.5 Å². The summed E-state index contributed by atoms with van der Waals surface area (Å²) in [6.45, 7) is 1.85. The first kappa shape index (κ1) is 11.6. The maximum atomic E-state index is 11.8. The zero-order chi connectivity index (χ0) is 12.4. The largest absolute Gasteiger partial charge is 0.478 e. The van der Waals surface area contributed by atoms with Crippen molar-refractivity contribution in [2.45, 2.75) is 26.2 Å². The zero-order valence-electron chi connectivity index (χ0n) is 9.69. The van der Waals surface area contributed by atoms with Crippen molar-refractivity contribution in [3.8, 4) is 0 Å². The van der Waals surface area contributed by atoms with E-state index < -0.39 is 5.97 Å². The van der Waals surface area contributed by atoms with Gasteiger partial charge in [0.05, 0.1) is 5.56 Å². The molecule has 1 aromatic carbocycles. The maximum absolute atomic E-state index is 11.8. The Bertz CT molecular complexity index is 464. The van der Waals surface area contributed by atoms with Crippen molar-refractivity contribution in [3.63, 3.8) is 0 Å². The smallest absolute Gasteiger partial charge is 0.335 e. The van der Waals surface area contributed by atoms with E-state index in [0.29, 0.717) is 5.69 Å². The van der Waals surface area contributed by atoms with Crippen molar-refractivity contribution >= 4 is 17.6 Å². The Morgan fingerprint density at radius 3 is 2.59 bits per heavy atom. The standard InChI is InChI=1S/C13H15NO3/c1-8-5-6-10(13(16)17)7-11(8)14-12(15)9-3-2-4-9/h5-7,9H,2-4H2,1H3,(H,14,15)(H,16,17). The number of hydrogen-bond donors (Lipinski definition) is 2. The summed E-state index contributed by atoms with van der Waals surface area (Å²) in [6, 6.07) is 4.75. The molecule has 1 saturated carbocycles. The van der Waals surface area contributed by atoms with Crippen LogP contribution < -0.4 is 5.32 Å². The Morgan fingerprint density at radius 2 is 2.06 bits per heavy atom. The summed E-state index contributed by atoms with van der Waals surface area (Å²) in [5.41, 5.74) is 1.67. The summed E-state index contributed by atoms with van der Waals surface area (Å²) in [4.78, 5) is 22.6. The molecular weight excluding hydrogens is 218 g/mol. The molecule has 1 amide bonds.